The van der Waals surface area contributed by atoms with E-state index in [1.807, 2.05) is 0 Å². The number of carbonyl (C=O) groups is 1. The van der Waals surface area contributed by atoms with E-state index in [9.17, 15) is 31.0 Å². The van der Waals surface area contributed by atoms with E-state index in [0.717, 1.165) is 12.3 Å². The number of anilines is 1. The minimum Gasteiger partial charge on any atom is -0.367 e. The van der Waals surface area contributed by atoms with Crippen molar-refractivity contribution in [2.45, 2.75) is 54.0 Å². The number of amides is 1. The van der Waals surface area contributed by atoms with E-state index in [1.165, 1.54) is 24.3 Å². The molecule has 206 valence electrons. The molecule has 1 unspecified atom stereocenters. The number of aromatic nitrogens is 1. The van der Waals surface area contributed by atoms with Crippen molar-refractivity contribution in [2.24, 2.45) is 0 Å². The van der Waals surface area contributed by atoms with Crippen molar-refractivity contribution in [1.82, 2.24) is 10.3 Å². The Morgan fingerprint density at radius 2 is 1.64 bits per heavy atom. The van der Waals surface area contributed by atoms with Crippen molar-refractivity contribution in [3.63, 3.8) is 0 Å². The van der Waals surface area contributed by atoms with E-state index >= 15 is 0 Å². The van der Waals surface area contributed by atoms with Gasteiger partial charge in [-0.15, -0.1) is 0 Å². The molecule has 0 spiro atoms. The molecule has 1 aromatic heterocycles. The lowest BCUT2D eigenvalue weighted by Crippen LogP contribution is -2.41. The summed E-state index contributed by atoms with van der Waals surface area (Å²) in [5.74, 6) is -3.38. The number of halogens is 5. The molecule has 12 heteroatoms. The van der Waals surface area contributed by atoms with Crippen molar-refractivity contribution >= 4 is 21.5 Å². The summed E-state index contributed by atoms with van der Waals surface area (Å²) < 4.78 is 88.6. The van der Waals surface area contributed by atoms with Gasteiger partial charge in [0.25, 0.3) is 11.8 Å². The number of hydrogen-bond donors (Lipinski definition) is 3. The number of nitrogens with one attached hydrogen (secondary N) is 3. The predicted octanol–water partition coefficient (Wildman–Crippen LogP) is 6.43. The zero-order valence-corrected chi connectivity index (χ0v) is 21.3. The van der Waals surface area contributed by atoms with Gasteiger partial charge in [-0.05, 0) is 67.1 Å². The van der Waals surface area contributed by atoms with Crippen LogP contribution in [0.1, 0.15) is 47.2 Å². The molecule has 1 saturated carbocycles. The molecule has 3 N–H and O–H groups in total. The molecule has 0 bridgehead atoms. The second-order valence-electron chi connectivity index (χ2n) is 9.82. The fourth-order valence-corrected chi connectivity index (χ4v) is 6.91. The lowest BCUT2D eigenvalue weighted by molar-refractivity contribution is -0.137. The van der Waals surface area contributed by atoms with Crippen LogP contribution in [0.5, 0.6) is 0 Å². The molecule has 1 atom stereocenters. The first-order valence-electron chi connectivity index (χ1n) is 12.3. The summed E-state index contributed by atoms with van der Waals surface area (Å²) in [4.78, 5) is 16.3. The maximum atomic E-state index is 14.1. The number of pyridine rings is 1. The van der Waals surface area contributed by atoms with Crippen molar-refractivity contribution in [2.75, 3.05) is 11.9 Å². The Hall–Kier alpha value is -3.54. The third-order valence-electron chi connectivity index (χ3n) is 7.25. The summed E-state index contributed by atoms with van der Waals surface area (Å²) in [5, 5.41) is 4.92. The maximum Gasteiger partial charge on any atom is 0.417 e. The fourth-order valence-electron chi connectivity index (χ4n) is 5.05. The topological polar surface area (TPSA) is 94.9 Å². The third kappa shape index (κ3) is 5.47. The van der Waals surface area contributed by atoms with Crippen molar-refractivity contribution < 1.29 is 31.0 Å². The average molecular weight is 565 g/mol. The van der Waals surface area contributed by atoms with Gasteiger partial charge in [0.15, 0.2) is 0 Å². The molecule has 0 radical (unpaired) electrons. The number of rotatable bonds is 5. The number of alkyl halides is 5. The molecule has 3 aromatic rings. The molecule has 2 aliphatic rings. The molecular weight excluding hydrogens is 539 g/mol. The Morgan fingerprint density at radius 3 is 2.26 bits per heavy atom. The number of hydrogen-bond acceptors (Lipinski definition) is 5. The van der Waals surface area contributed by atoms with E-state index < -0.39 is 45.1 Å². The molecule has 0 saturated heterocycles. The first kappa shape index (κ1) is 27.0. The number of nitrogens with zero attached hydrogens (tertiary/aromatic N) is 1. The summed E-state index contributed by atoms with van der Waals surface area (Å²) >= 11 is 0. The van der Waals surface area contributed by atoms with Gasteiger partial charge in [-0.2, -0.15) is 22.0 Å². The van der Waals surface area contributed by atoms with Gasteiger partial charge in [-0.25, -0.2) is 14.0 Å². The van der Waals surface area contributed by atoms with Gasteiger partial charge in [-0.1, -0.05) is 24.3 Å². The van der Waals surface area contributed by atoms with Crippen LogP contribution in [0, 0.1) is 4.78 Å². The van der Waals surface area contributed by atoms with Gasteiger partial charge in [0.2, 0.25) is 0 Å². The predicted molar refractivity (Wildman–Crippen MR) is 136 cm³/mol. The summed E-state index contributed by atoms with van der Waals surface area (Å²) in [6, 6.07) is 12.9. The van der Waals surface area contributed by atoms with Crippen LogP contribution in [-0.2, 0) is 21.8 Å². The summed E-state index contributed by atoms with van der Waals surface area (Å²) in [5.41, 5.74) is -0.0483. The zero-order chi connectivity index (χ0) is 28.0. The summed E-state index contributed by atoms with van der Waals surface area (Å²) in [7, 11) is -3.15. The SMILES string of the molecule is N=S(=O)(c1ccc(-c2ccc3c(c2)C(=O)NCC3(F)F)cc1)C1CCC(Nc2ccc(C(F)(F)F)cn2)CC1. The van der Waals surface area contributed by atoms with Gasteiger partial charge < -0.3 is 10.6 Å². The van der Waals surface area contributed by atoms with Crippen LogP contribution in [0.25, 0.3) is 11.1 Å². The Balaban J connectivity index is 1.24. The van der Waals surface area contributed by atoms with E-state index in [0.29, 0.717) is 47.5 Å². The van der Waals surface area contributed by atoms with Crippen LogP contribution in [0.2, 0.25) is 0 Å². The van der Waals surface area contributed by atoms with Crippen LogP contribution in [0.3, 0.4) is 0 Å². The van der Waals surface area contributed by atoms with Crippen LogP contribution in [0.15, 0.2) is 65.7 Å². The zero-order valence-electron chi connectivity index (χ0n) is 20.5. The standard InChI is InChI=1S/C27H25F5N4O2S/c28-26(29)15-35-25(37)22-13-17(3-11-23(22)26)16-1-7-20(8-2-16)39(33,38)21-9-5-19(6-10-21)36-24-12-4-18(14-34-24)27(30,31)32/h1-4,7-8,11-14,19,21,33H,5-6,9-10,15H2,(H,34,36)(H,35,37). The smallest absolute Gasteiger partial charge is 0.367 e. The number of benzene rings is 2. The second-order valence-corrected chi connectivity index (χ2v) is 12.2. The Labute approximate surface area is 222 Å². The Bertz CT molecular complexity index is 1480. The fraction of sp³-hybridized carbons (Fsp3) is 0.333. The van der Waals surface area contributed by atoms with E-state index in [-0.39, 0.29) is 17.2 Å². The highest BCUT2D eigenvalue weighted by Gasteiger charge is 2.40. The molecule has 6 nitrogen and oxygen atoms in total. The molecule has 1 aliphatic carbocycles. The van der Waals surface area contributed by atoms with Gasteiger partial charge >= 0.3 is 6.18 Å². The highest BCUT2D eigenvalue weighted by Crippen LogP contribution is 2.36. The average Bonchev–Trinajstić information content (AvgIpc) is 2.91. The Morgan fingerprint density at radius 1 is 0.974 bits per heavy atom. The van der Waals surface area contributed by atoms with Crippen LogP contribution >= 0.6 is 0 Å². The summed E-state index contributed by atoms with van der Waals surface area (Å²) in [6.45, 7) is -0.741. The van der Waals surface area contributed by atoms with Crippen molar-refractivity contribution in [3.05, 3.63) is 77.5 Å². The highest BCUT2D eigenvalue weighted by molar-refractivity contribution is 7.93. The lowest BCUT2D eigenvalue weighted by Gasteiger charge is -2.30. The number of carbonyl (C=O) groups excluding carboxylic acids is 1. The molecule has 2 heterocycles. The highest BCUT2D eigenvalue weighted by atomic mass is 32.2. The molecule has 1 fully saturated rings. The van der Waals surface area contributed by atoms with Crippen LogP contribution < -0.4 is 10.6 Å². The molecular formula is C27H25F5N4O2S. The third-order valence-corrected chi connectivity index (χ3v) is 9.64. The first-order valence-corrected chi connectivity index (χ1v) is 14.0. The monoisotopic (exact) mass is 564 g/mol. The van der Waals surface area contributed by atoms with Gasteiger partial charge in [-0.3, -0.25) is 4.79 Å². The van der Waals surface area contributed by atoms with E-state index in [2.05, 4.69) is 15.6 Å². The molecule has 5 rings (SSSR count). The Kier molecular flexibility index (Phi) is 6.86. The molecule has 1 aliphatic heterocycles. The second kappa shape index (κ2) is 9.89. The maximum absolute atomic E-state index is 14.1. The van der Waals surface area contributed by atoms with Gasteiger partial charge in [0, 0.05) is 33.5 Å². The molecule has 39 heavy (non-hydrogen) atoms. The van der Waals surface area contributed by atoms with E-state index in [1.54, 1.807) is 24.3 Å². The normalized spacial score (nSPS) is 22.3. The van der Waals surface area contributed by atoms with Gasteiger partial charge in [0.05, 0.1) is 21.8 Å². The lowest BCUT2D eigenvalue weighted by atomic mass is 9.93. The van der Waals surface area contributed by atoms with E-state index in [4.69, 9.17) is 4.78 Å². The molecule has 2 aromatic carbocycles. The minimum absolute atomic E-state index is 0.0587. The van der Waals surface area contributed by atoms with Crippen LogP contribution in [0.4, 0.5) is 27.8 Å². The first-order chi connectivity index (χ1) is 18.3. The van der Waals surface area contributed by atoms with Crippen molar-refractivity contribution in [3.8, 4) is 11.1 Å². The van der Waals surface area contributed by atoms with Crippen molar-refractivity contribution in [1.29, 1.82) is 4.78 Å². The number of fused-ring (bicyclic) bond motifs is 1. The van der Waals surface area contributed by atoms with Gasteiger partial charge in [0.1, 0.15) is 5.82 Å². The summed E-state index contributed by atoms with van der Waals surface area (Å²) in [6.07, 6.45) is -1.51. The van der Waals surface area contributed by atoms with Crippen LogP contribution in [-0.4, -0.2) is 32.9 Å². The largest absolute Gasteiger partial charge is 0.417 e. The minimum atomic E-state index is -4.45. The molecule has 1 amide bonds. The quantitative estimate of drug-likeness (QED) is 0.311.